The summed E-state index contributed by atoms with van der Waals surface area (Å²) < 4.78 is 0. The van der Waals surface area contributed by atoms with E-state index < -0.39 is 0 Å². The average Bonchev–Trinajstić information content (AvgIpc) is 3.31. The van der Waals surface area contributed by atoms with Crippen LogP contribution in [0.15, 0.2) is 45.0 Å². The monoisotopic (exact) mass is 406 g/mol. The van der Waals surface area contributed by atoms with E-state index in [0.29, 0.717) is 0 Å². The van der Waals surface area contributed by atoms with Gasteiger partial charge in [0.05, 0.1) is 0 Å². The van der Waals surface area contributed by atoms with Gasteiger partial charge in [-0.1, -0.05) is 43.5 Å². The Kier molecular flexibility index (Phi) is 7.90. The molecule has 2 aliphatic carbocycles. The van der Waals surface area contributed by atoms with Gasteiger partial charge in [-0.25, -0.2) is 11.5 Å². The minimum atomic E-state index is 0. The van der Waals surface area contributed by atoms with Crippen molar-refractivity contribution in [2.45, 2.75) is 76.0 Å². The molecule has 0 radical (unpaired) electrons. The molecule has 0 N–H and O–H groups in total. The molecule has 4 aliphatic rings. The van der Waals surface area contributed by atoms with Gasteiger partial charge >= 0.3 is 17.1 Å². The van der Waals surface area contributed by atoms with Gasteiger partial charge in [-0.3, -0.25) is 22.9 Å². The van der Waals surface area contributed by atoms with E-state index in [0.717, 1.165) is 22.6 Å². The van der Waals surface area contributed by atoms with Crippen LogP contribution in [0.25, 0.3) is 0 Å². The molecule has 0 unspecified atom stereocenters. The maximum Gasteiger partial charge on any atom is 2.00 e. The Morgan fingerprint density at radius 2 is 1.00 bits per heavy atom. The minimum Gasteiger partial charge on any atom is -0.286 e. The third-order valence-electron chi connectivity index (χ3n) is 5.27. The van der Waals surface area contributed by atoms with Gasteiger partial charge in [0.2, 0.25) is 0 Å². The normalized spacial score (nSPS) is 32.0. The van der Waals surface area contributed by atoms with Crippen molar-refractivity contribution in [2.75, 3.05) is 0 Å². The molecule has 2 aliphatic heterocycles. The number of rotatable bonds is 2. The molecule has 0 saturated carbocycles. The maximum absolute atomic E-state index is 3.13. The summed E-state index contributed by atoms with van der Waals surface area (Å²) in [6, 6.07) is 0. The number of allylic oxidation sites excluding steroid dienone is 4. The zero-order valence-electron chi connectivity index (χ0n) is 15.4. The van der Waals surface area contributed by atoms with Crippen LogP contribution in [0.3, 0.4) is 0 Å². The molecule has 0 amide bonds. The second-order valence-corrected chi connectivity index (χ2v) is 13.1. The van der Waals surface area contributed by atoms with Crippen LogP contribution in [0.1, 0.15) is 53.4 Å². The van der Waals surface area contributed by atoms with Crippen molar-refractivity contribution in [3.05, 3.63) is 57.2 Å². The molecular formula is C22H24FeP2. The van der Waals surface area contributed by atoms with E-state index in [-0.39, 0.29) is 32.9 Å². The zero-order valence-corrected chi connectivity index (χ0v) is 18.3. The Morgan fingerprint density at radius 1 is 0.680 bits per heavy atom. The van der Waals surface area contributed by atoms with Gasteiger partial charge in [-0.05, 0) is 48.3 Å². The van der Waals surface area contributed by atoms with Crippen LogP contribution in [0.5, 0.6) is 0 Å². The van der Waals surface area contributed by atoms with Gasteiger partial charge in [-0.15, -0.1) is 22.8 Å². The van der Waals surface area contributed by atoms with Gasteiger partial charge in [0.25, 0.3) is 0 Å². The first-order valence-corrected chi connectivity index (χ1v) is 11.9. The Balaban J connectivity index is 0.000000173. The molecule has 0 spiro atoms. The van der Waals surface area contributed by atoms with E-state index >= 15 is 0 Å². The van der Waals surface area contributed by atoms with E-state index in [1.165, 1.54) is 36.3 Å². The molecule has 0 aromatic carbocycles. The Hall–Kier alpha value is -0.461. The van der Waals surface area contributed by atoms with E-state index in [9.17, 15) is 0 Å². The summed E-state index contributed by atoms with van der Waals surface area (Å²) in [4.78, 5) is 0. The fraction of sp³-hybridized carbons (Fsp3) is 0.545. The Labute approximate surface area is 165 Å². The van der Waals surface area contributed by atoms with E-state index in [4.69, 9.17) is 0 Å². The van der Waals surface area contributed by atoms with Gasteiger partial charge in [0.1, 0.15) is 0 Å². The van der Waals surface area contributed by atoms with Crippen LogP contribution in [-0.4, -0.2) is 22.6 Å². The molecule has 4 rings (SSSR count). The summed E-state index contributed by atoms with van der Waals surface area (Å²) in [6.45, 7) is 9.40. The quantitative estimate of drug-likeness (QED) is 0.215. The summed E-state index contributed by atoms with van der Waals surface area (Å²) in [5, 5.41) is 2.53. The molecular weight excluding hydrogens is 382 g/mol. The van der Waals surface area contributed by atoms with Crippen molar-refractivity contribution < 1.29 is 17.1 Å². The molecule has 2 heterocycles. The van der Waals surface area contributed by atoms with Crippen LogP contribution in [-0.2, 0) is 17.1 Å². The maximum atomic E-state index is 3.13. The largest absolute Gasteiger partial charge is 2.00 e. The predicted molar refractivity (Wildman–Crippen MR) is 105 cm³/mol. The molecule has 2 fully saturated rings. The van der Waals surface area contributed by atoms with Crippen LogP contribution < -0.4 is 0 Å². The van der Waals surface area contributed by atoms with Crippen LogP contribution >= 0.6 is 15.8 Å². The van der Waals surface area contributed by atoms with Crippen LogP contribution in [0.2, 0.25) is 0 Å². The second-order valence-electron chi connectivity index (χ2n) is 7.06. The summed E-state index contributed by atoms with van der Waals surface area (Å²) in [5.74, 6) is 0. The second kappa shape index (κ2) is 9.47. The molecule has 130 valence electrons. The molecule has 0 aromatic heterocycles. The van der Waals surface area contributed by atoms with Gasteiger partial charge in [0.15, 0.2) is 0 Å². The van der Waals surface area contributed by atoms with Crippen molar-refractivity contribution in [3.63, 3.8) is 0 Å². The van der Waals surface area contributed by atoms with Gasteiger partial charge < -0.3 is 0 Å². The number of hydrogen-bond acceptors (Lipinski definition) is 0. The predicted octanol–water partition coefficient (Wildman–Crippen LogP) is 6.41. The standard InChI is InChI=1S/2C11H12P.Fe/c2*1-9-7-8-10(2)12(9)11-5-3-4-6-11;/h2*9-10H,7-8H2,1-2H3;/q2*-1;+2/t2*9-,10-;/m00./s1. The van der Waals surface area contributed by atoms with Gasteiger partial charge in [-0.2, -0.15) is 0 Å². The molecule has 25 heavy (non-hydrogen) atoms. The average molecular weight is 406 g/mol. The molecule has 4 atom stereocenters. The molecule has 0 nitrogen and oxygen atoms in total. The van der Waals surface area contributed by atoms with Crippen LogP contribution in [0, 0.1) is 12.2 Å². The Morgan fingerprint density at radius 3 is 1.24 bits per heavy atom. The third kappa shape index (κ3) is 4.83. The smallest absolute Gasteiger partial charge is 0.286 e. The van der Waals surface area contributed by atoms with E-state index in [2.05, 4.69) is 74.2 Å². The molecule has 2 saturated heterocycles. The van der Waals surface area contributed by atoms with Crippen molar-refractivity contribution in [1.82, 2.24) is 0 Å². The number of hydrogen-bond donors (Lipinski definition) is 0. The van der Waals surface area contributed by atoms with Crippen molar-refractivity contribution in [2.24, 2.45) is 0 Å². The SMILES string of the molecule is C[C@H]1CC[C@H](C)P1C1=C=C=C=[C-]1.C[C@H]1CC[C@H](C)P1C1=C=C=C=[C-]1.[Fe+2]. The summed E-state index contributed by atoms with van der Waals surface area (Å²) in [5.41, 5.74) is 21.1. The van der Waals surface area contributed by atoms with Crippen molar-refractivity contribution >= 4 is 15.8 Å². The molecule has 0 bridgehead atoms. The van der Waals surface area contributed by atoms with Crippen molar-refractivity contribution in [1.29, 1.82) is 0 Å². The Bertz CT molecular complexity index is 696. The van der Waals surface area contributed by atoms with E-state index in [1.807, 2.05) is 0 Å². The minimum absolute atomic E-state index is 0. The zero-order chi connectivity index (χ0) is 17.1. The first-order chi connectivity index (χ1) is 11.6. The first kappa shape index (κ1) is 20.8. The summed E-state index contributed by atoms with van der Waals surface area (Å²) >= 11 is 0. The molecule has 0 aromatic rings. The summed E-state index contributed by atoms with van der Waals surface area (Å²) in [6.07, 6.45) is 11.8. The summed E-state index contributed by atoms with van der Waals surface area (Å²) in [7, 11) is 0.00154. The first-order valence-electron chi connectivity index (χ1n) is 8.92. The third-order valence-corrected chi connectivity index (χ3v) is 11.6. The topological polar surface area (TPSA) is 0 Å². The van der Waals surface area contributed by atoms with Crippen molar-refractivity contribution in [3.8, 4) is 0 Å². The van der Waals surface area contributed by atoms with Gasteiger partial charge in [0, 0.05) is 0 Å². The molecule has 3 heteroatoms. The fourth-order valence-electron chi connectivity index (χ4n) is 3.95. The van der Waals surface area contributed by atoms with Crippen LogP contribution in [0.4, 0.5) is 0 Å². The van der Waals surface area contributed by atoms with E-state index in [1.54, 1.807) is 0 Å². The fourth-order valence-corrected chi connectivity index (χ4v) is 9.90.